The van der Waals surface area contributed by atoms with Crippen LogP contribution in [0.2, 0.25) is 0 Å². The number of aliphatic hydroxyl groups is 3. The summed E-state index contributed by atoms with van der Waals surface area (Å²) in [7, 11) is 0. The van der Waals surface area contributed by atoms with E-state index in [0.717, 1.165) is 21.2 Å². The lowest BCUT2D eigenvalue weighted by Gasteiger charge is -2.41. The number of anilines is 2. The maximum Gasteiger partial charge on any atom is 0.187 e. The van der Waals surface area contributed by atoms with Crippen molar-refractivity contribution in [1.82, 2.24) is 0 Å². The Bertz CT molecular complexity index is 729. The molecule has 6 N–H and O–H groups in total. The van der Waals surface area contributed by atoms with E-state index in [2.05, 4.69) is 22.8 Å². The first-order valence-corrected chi connectivity index (χ1v) is 9.04. The highest BCUT2D eigenvalue weighted by molar-refractivity contribution is 7.99. The molecule has 0 amide bonds. The monoisotopic (exact) mass is 361 g/mol. The van der Waals surface area contributed by atoms with Crippen LogP contribution in [0.15, 0.2) is 58.3 Å². The maximum atomic E-state index is 10.5. The van der Waals surface area contributed by atoms with Gasteiger partial charge in [0.15, 0.2) is 12.4 Å². The summed E-state index contributed by atoms with van der Waals surface area (Å²) >= 11 is 1.70. The molecule has 0 aromatic heterocycles. The summed E-state index contributed by atoms with van der Waals surface area (Å²) in [5.41, 5.74) is 5.84. The van der Waals surface area contributed by atoms with Crippen molar-refractivity contribution in [2.24, 2.45) is 0 Å². The SMILES string of the molecule is [NH3+][C@@H]1[C@@H](O)[C@H](O)O[C@H](CN2c3ccccc3Sc3ccccc32)[C@H]1O. The van der Waals surface area contributed by atoms with Gasteiger partial charge in [-0.05, 0) is 24.3 Å². The quantitative estimate of drug-likeness (QED) is 0.615. The fraction of sp³-hybridized carbons (Fsp3) is 0.333. The topological polar surface area (TPSA) is 101 Å². The number of hydrogen-bond acceptors (Lipinski definition) is 6. The van der Waals surface area contributed by atoms with Gasteiger partial charge in [0.25, 0.3) is 0 Å². The van der Waals surface area contributed by atoms with E-state index in [-0.39, 0.29) is 0 Å². The van der Waals surface area contributed by atoms with Crippen molar-refractivity contribution >= 4 is 23.1 Å². The molecular weight excluding hydrogens is 340 g/mol. The third kappa shape index (κ3) is 2.93. The van der Waals surface area contributed by atoms with Crippen molar-refractivity contribution in [3.05, 3.63) is 48.5 Å². The van der Waals surface area contributed by atoms with E-state index >= 15 is 0 Å². The molecule has 1 saturated heterocycles. The van der Waals surface area contributed by atoms with Gasteiger partial charge in [0, 0.05) is 9.79 Å². The summed E-state index contributed by atoms with van der Waals surface area (Å²) in [6.07, 6.45) is -4.17. The highest BCUT2D eigenvalue weighted by Crippen LogP contribution is 2.48. The Morgan fingerprint density at radius 3 is 2.08 bits per heavy atom. The summed E-state index contributed by atoms with van der Waals surface area (Å²) in [5, 5.41) is 30.2. The van der Waals surface area contributed by atoms with Crippen LogP contribution in [0.1, 0.15) is 0 Å². The van der Waals surface area contributed by atoms with E-state index in [9.17, 15) is 15.3 Å². The average molecular weight is 361 g/mol. The normalized spacial score (nSPS) is 31.4. The summed E-state index contributed by atoms with van der Waals surface area (Å²) < 4.78 is 5.48. The minimum Gasteiger partial charge on any atom is -0.384 e. The number of para-hydroxylation sites is 2. The van der Waals surface area contributed by atoms with E-state index in [1.165, 1.54) is 0 Å². The first-order chi connectivity index (χ1) is 12.1. The summed E-state index contributed by atoms with van der Waals surface area (Å²) in [6, 6.07) is 15.4. The zero-order valence-electron chi connectivity index (χ0n) is 13.5. The van der Waals surface area contributed by atoms with Gasteiger partial charge in [-0.3, -0.25) is 0 Å². The Labute approximate surface area is 149 Å². The third-order valence-corrected chi connectivity index (χ3v) is 5.89. The van der Waals surface area contributed by atoms with E-state index < -0.39 is 30.6 Å². The fourth-order valence-corrected chi connectivity index (χ4v) is 4.43. The number of hydrogen-bond donors (Lipinski definition) is 4. The Hall–Kier alpha value is -1.61. The molecule has 1 fully saturated rings. The number of benzene rings is 2. The number of rotatable bonds is 2. The second kappa shape index (κ2) is 6.60. The highest BCUT2D eigenvalue weighted by atomic mass is 32.2. The number of ether oxygens (including phenoxy) is 1. The first-order valence-electron chi connectivity index (χ1n) is 8.22. The van der Waals surface area contributed by atoms with Gasteiger partial charge in [0.1, 0.15) is 18.2 Å². The molecular formula is C18H21N2O4S+. The van der Waals surface area contributed by atoms with Gasteiger partial charge in [0.05, 0.1) is 17.9 Å². The van der Waals surface area contributed by atoms with Gasteiger partial charge < -0.3 is 30.7 Å². The van der Waals surface area contributed by atoms with Crippen molar-refractivity contribution < 1.29 is 25.8 Å². The maximum absolute atomic E-state index is 10.5. The van der Waals surface area contributed by atoms with Crippen molar-refractivity contribution in [3.63, 3.8) is 0 Å². The molecule has 0 unspecified atom stereocenters. The number of fused-ring (bicyclic) bond motifs is 2. The Morgan fingerprint density at radius 1 is 0.920 bits per heavy atom. The van der Waals surface area contributed by atoms with E-state index in [4.69, 9.17) is 4.74 Å². The minimum atomic E-state index is -1.35. The molecule has 0 radical (unpaired) electrons. The van der Waals surface area contributed by atoms with Crippen molar-refractivity contribution in [2.75, 3.05) is 11.4 Å². The van der Waals surface area contributed by atoms with Crippen LogP contribution in [-0.2, 0) is 4.74 Å². The molecule has 0 spiro atoms. The summed E-state index contributed by atoms with van der Waals surface area (Å²) in [4.78, 5) is 4.34. The van der Waals surface area contributed by atoms with Gasteiger partial charge in [-0.2, -0.15) is 0 Å². The molecule has 2 aromatic carbocycles. The zero-order valence-corrected chi connectivity index (χ0v) is 14.3. The molecule has 7 heteroatoms. The zero-order chi connectivity index (χ0) is 17.6. The molecule has 132 valence electrons. The number of quaternary nitrogens is 1. The van der Waals surface area contributed by atoms with Crippen LogP contribution in [0, 0.1) is 0 Å². The molecule has 5 atom stereocenters. The average Bonchev–Trinajstić information content (AvgIpc) is 2.64. The van der Waals surface area contributed by atoms with Crippen LogP contribution in [-0.4, -0.2) is 52.5 Å². The molecule has 6 nitrogen and oxygen atoms in total. The predicted molar refractivity (Wildman–Crippen MR) is 93.6 cm³/mol. The second-order valence-corrected chi connectivity index (χ2v) is 7.44. The van der Waals surface area contributed by atoms with Crippen LogP contribution in [0.4, 0.5) is 11.4 Å². The molecule has 0 bridgehead atoms. The smallest absolute Gasteiger partial charge is 0.187 e. The lowest BCUT2D eigenvalue weighted by molar-refractivity contribution is -0.485. The van der Waals surface area contributed by atoms with Crippen molar-refractivity contribution in [2.45, 2.75) is 40.4 Å². The lowest BCUT2D eigenvalue weighted by atomic mass is 9.96. The van der Waals surface area contributed by atoms with Gasteiger partial charge >= 0.3 is 0 Å². The Kier molecular flexibility index (Phi) is 4.45. The van der Waals surface area contributed by atoms with Crippen LogP contribution < -0.4 is 10.6 Å². The molecule has 2 aromatic rings. The van der Waals surface area contributed by atoms with Crippen molar-refractivity contribution in [1.29, 1.82) is 0 Å². The number of nitrogens with zero attached hydrogens (tertiary/aromatic N) is 1. The summed E-state index contributed by atoms with van der Waals surface area (Å²) in [6.45, 7) is 0.353. The largest absolute Gasteiger partial charge is 0.384 e. The van der Waals surface area contributed by atoms with Crippen LogP contribution >= 0.6 is 11.8 Å². The van der Waals surface area contributed by atoms with Crippen molar-refractivity contribution in [3.8, 4) is 0 Å². The first kappa shape index (κ1) is 16.8. The van der Waals surface area contributed by atoms with Crippen LogP contribution in [0.3, 0.4) is 0 Å². The van der Waals surface area contributed by atoms with Gasteiger partial charge in [-0.15, -0.1) is 0 Å². The molecule has 2 heterocycles. The van der Waals surface area contributed by atoms with E-state index in [0.29, 0.717) is 6.54 Å². The van der Waals surface area contributed by atoms with Gasteiger partial charge in [0.2, 0.25) is 0 Å². The summed E-state index contributed by atoms with van der Waals surface area (Å²) in [5.74, 6) is 0. The molecule has 0 saturated carbocycles. The lowest BCUT2D eigenvalue weighted by Crippen LogP contribution is -2.78. The minimum absolute atomic E-state index is 0.353. The van der Waals surface area contributed by atoms with E-state index in [1.54, 1.807) is 11.8 Å². The molecule has 2 aliphatic heterocycles. The second-order valence-electron chi connectivity index (χ2n) is 6.36. The molecule has 0 aliphatic carbocycles. The van der Waals surface area contributed by atoms with Crippen LogP contribution in [0.25, 0.3) is 0 Å². The highest BCUT2D eigenvalue weighted by Gasteiger charge is 2.45. The van der Waals surface area contributed by atoms with Gasteiger partial charge in [-0.1, -0.05) is 36.0 Å². The molecule has 4 rings (SSSR count). The predicted octanol–water partition coefficient (Wildman–Crippen LogP) is 0.339. The molecule has 25 heavy (non-hydrogen) atoms. The van der Waals surface area contributed by atoms with Crippen LogP contribution in [0.5, 0.6) is 0 Å². The number of aliphatic hydroxyl groups excluding tert-OH is 3. The molecule has 2 aliphatic rings. The fourth-order valence-electron chi connectivity index (χ4n) is 3.34. The Morgan fingerprint density at radius 2 is 1.48 bits per heavy atom. The standard InChI is InChI=1S/C18H20N2O4S/c19-15-16(21)12(24-18(23)17(15)22)9-20-10-5-1-3-7-13(10)25-14-8-4-2-6-11(14)20/h1-8,12,15-18,21-23H,9,19H2/p+1/t12-,15+,16-,17-,18-/m1/s1. The van der Waals surface area contributed by atoms with E-state index in [1.807, 2.05) is 36.4 Å². The third-order valence-electron chi connectivity index (χ3n) is 4.76. The van der Waals surface area contributed by atoms with Gasteiger partial charge in [-0.25, -0.2) is 0 Å². The Balaban J connectivity index is 1.68.